The quantitative estimate of drug-likeness (QED) is 0.174. The van der Waals surface area contributed by atoms with E-state index in [0.29, 0.717) is 11.4 Å². The van der Waals surface area contributed by atoms with Crippen LogP contribution in [0.5, 0.6) is 0 Å². The van der Waals surface area contributed by atoms with Gasteiger partial charge >= 0.3 is 5.97 Å². The Morgan fingerprint density at radius 2 is 1.77 bits per heavy atom. The maximum Gasteiger partial charge on any atom is 0.326 e. The van der Waals surface area contributed by atoms with Crippen molar-refractivity contribution < 1.29 is 29.4 Å². The van der Waals surface area contributed by atoms with Crippen molar-refractivity contribution in [3.63, 3.8) is 0 Å². The zero-order valence-corrected chi connectivity index (χ0v) is 18.4. The Labute approximate surface area is 184 Å². The standard InChI is InChI=1S/C18H30N6O6S/c1-9(19)15(26)23-13(6-11-7-20-8-21-11)16(27)24-14(10(2)25)17(28)22-12(18(29)30)4-5-31-3/h7-10,12-14,25H,4-6,19H2,1-3H3,(H,20,21)(H,22,28)(H,23,26)(H,24,27)(H,29,30). The van der Waals surface area contributed by atoms with Gasteiger partial charge in [0, 0.05) is 18.3 Å². The molecule has 5 atom stereocenters. The van der Waals surface area contributed by atoms with Gasteiger partial charge in [0.05, 0.1) is 18.5 Å². The third kappa shape index (κ3) is 8.94. The van der Waals surface area contributed by atoms with Crippen molar-refractivity contribution in [2.75, 3.05) is 12.0 Å². The fourth-order valence-electron chi connectivity index (χ4n) is 2.54. The number of hydrogen-bond donors (Lipinski definition) is 7. The number of carbonyl (C=O) groups excluding carboxylic acids is 3. The van der Waals surface area contributed by atoms with Gasteiger partial charge in [-0.3, -0.25) is 14.4 Å². The summed E-state index contributed by atoms with van der Waals surface area (Å²) in [6.45, 7) is 2.74. The number of aromatic nitrogens is 2. The van der Waals surface area contributed by atoms with Crippen LogP contribution in [0.2, 0.25) is 0 Å². The molecular formula is C18H30N6O6S. The number of aliphatic hydroxyl groups excluding tert-OH is 1. The summed E-state index contributed by atoms with van der Waals surface area (Å²) in [4.78, 5) is 55.5. The minimum atomic E-state index is -1.43. The van der Waals surface area contributed by atoms with Crippen molar-refractivity contribution in [1.29, 1.82) is 0 Å². The number of nitrogens with one attached hydrogen (secondary N) is 4. The molecule has 0 fully saturated rings. The highest BCUT2D eigenvalue weighted by Crippen LogP contribution is 2.05. The Bertz CT molecular complexity index is 742. The molecule has 12 nitrogen and oxygen atoms in total. The van der Waals surface area contributed by atoms with Gasteiger partial charge in [0.15, 0.2) is 0 Å². The van der Waals surface area contributed by atoms with Crippen LogP contribution in [-0.2, 0) is 25.6 Å². The van der Waals surface area contributed by atoms with Crippen molar-refractivity contribution in [3.05, 3.63) is 18.2 Å². The van der Waals surface area contributed by atoms with E-state index in [1.54, 1.807) is 6.26 Å². The molecule has 0 radical (unpaired) electrons. The van der Waals surface area contributed by atoms with Crippen molar-refractivity contribution in [2.45, 2.75) is 57.0 Å². The monoisotopic (exact) mass is 458 g/mol. The highest BCUT2D eigenvalue weighted by molar-refractivity contribution is 7.98. The maximum atomic E-state index is 12.8. The van der Waals surface area contributed by atoms with E-state index in [4.69, 9.17) is 5.73 Å². The predicted molar refractivity (Wildman–Crippen MR) is 114 cm³/mol. The summed E-state index contributed by atoms with van der Waals surface area (Å²) >= 11 is 1.42. The van der Waals surface area contributed by atoms with Crippen LogP contribution in [0.1, 0.15) is 26.0 Å². The predicted octanol–water partition coefficient (Wildman–Crippen LogP) is -2.03. The Morgan fingerprint density at radius 3 is 2.26 bits per heavy atom. The number of carboxylic acids is 1. The number of aliphatic carboxylic acids is 1. The number of imidazole rings is 1. The number of carbonyl (C=O) groups is 4. The first kappa shape index (κ1) is 26.4. The lowest BCUT2D eigenvalue weighted by Crippen LogP contribution is -2.60. The molecule has 0 bridgehead atoms. The number of nitrogens with two attached hydrogens (primary N) is 1. The number of rotatable bonds is 13. The topological polar surface area (TPSA) is 200 Å². The van der Waals surface area contributed by atoms with E-state index in [9.17, 15) is 29.4 Å². The summed E-state index contributed by atoms with van der Waals surface area (Å²) in [7, 11) is 0. The molecule has 1 aromatic rings. The van der Waals surface area contributed by atoms with Gasteiger partial charge in [0.1, 0.15) is 18.1 Å². The van der Waals surface area contributed by atoms with Gasteiger partial charge < -0.3 is 36.9 Å². The molecule has 0 saturated carbocycles. The first-order valence-corrected chi connectivity index (χ1v) is 11.0. The second-order valence-electron chi connectivity index (χ2n) is 7.04. The van der Waals surface area contributed by atoms with Gasteiger partial charge in [0.25, 0.3) is 0 Å². The number of amides is 3. The van der Waals surface area contributed by atoms with E-state index < -0.39 is 54.0 Å². The number of hydrogen-bond acceptors (Lipinski definition) is 8. The van der Waals surface area contributed by atoms with E-state index in [2.05, 4.69) is 25.9 Å². The number of carboxylic acid groups (broad SMARTS) is 1. The molecule has 13 heteroatoms. The highest BCUT2D eigenvalue weighted by Gasteiger charge is 2.32. The summed E-state index contributed by atoms with van der Waals surface area (Å²) in [5.41, 5.74) is 6.10. The second-order valence-corrected chi connectivity index (χ2v) is 8.02. The molecule has 0 spiro atoms. The Balaban J connectivity index is 2.94. The molecule has 0 aliphatic carbocycles. The third-order valence-electron chi connectivity index (χ3n) is 4.31. The molecule has 1 heterocycles. The molecule has 0 aliphatic heterocycles. The van der Waals surface area contributed by atoms with Crippen LogP contribution in [0, 0.1) is 0 Å². The van der Waals surface area contributed by atoms with Crippen molar-refractivity contribution in [1.82, 2.24) is 25.9 Å². The molecule has 0 saturated heterocycles. The lowest BCUT2D eigenvalue weighted by Gasteiger charge is -2.26. The number of aliphatic hydroxyl groups is 1. The van der Waals surface area contributed by atoms with E-state index in [1.165, 1.54) is 38.1 Å². The van der Waals surface area contributed by atoms with E-state index in [0.717, 1.165) is 0 Å². The molecule has 0 aliphatic rings. The lowest BCUT2D eigenvalue weighted by atomic mass is 10.1. The van der Waals surface area contributed by atoms with E-state index in [-0.39, 0.29) is 12.8 Å². The first-order valence-electron chi connectivity index (χ1n) is 9.60. The van der Waals surface area contributed by atoms with Crippen molar-refractivity contribution in [3.8, 4) is 0 Å². The number of nitrogens with zero attached hydrogens (tertiary/aromatic N) is 1. The van der Waals surface area contributed by atoms with E-state index in [1.807, 2.05) is 0 Å². The summed E-state index contributed by atoms with van der Waals surface area (Å²) < 4.78 is 0. The molecule has 1 aromatic heterocycles. The van der Waals surface area contributed by atoms with Gasteiger partial charge in [-0.2, -0.15) is 11.8 Å². The zero-order chi connectivity index (χ0) is 23.6. The highest BCUT2D eigenvalue weighted by atomic mass is 32.2. The number of H-pyrrole nitrogens is 1. The first-order chi connectivity index (χ1) is 14.6. The van der Waals surface area contributed by atoms with Gasteiger partial charge in [-0.25, -0.2) is 9.78 Å². The number of thioether (sulfide) groups is 1. The minimum Gasteiger partial charge on any atom is -0.480 e. The van der Waals surface area contributed by atoms with Gasteiger partial charge in [0.2, 0.25) is 17.7 Å². The van der Waals surface area contributed by atoms with Crippen LogP contribution in [0.15, 0.2) is 12.5 Å². The minimum absolute atomic E-state index is 0.0317. The van der Waals surface area contributed by atoms with Crippen LogP contribution in [-0.4, -0.2) is 86.2 Å². The van der Waals surface area contributed by atoms with Gasteiger partial charge in [-0.1, -0.05) is 0 Å². The van der Waals surface area contributed by atoms with Crippen molar-refractivity contribution in [2.24, 2.45) is 5.73 Å². The van der Waals surface area contributed by atoms with Crippen LogP contribution in [0.25, 0.3) is 0 Å². The summed E-state index contributed by atoms with van der Waals surface area (Å²) in [6, 6.07) is -4.59. The van der Waals surface area contributed by atoms with Crippen molar-refractivity contribution >= 4 is 35.5 Å². The van der Waals surface area contributed by atoms with Gasteiger partial charge in [-0.15, -0.1) is 0 Å². The normalized spacial score (nSPS) is 15.8. The van der Waals surface area contributed by atoms with Gasteiger partial charge in [-0.05, 0) is 32.3 Å². The molecule has 174 valence electrons. The smallest absolute Gasteiger partial charge is 0.326 e. The fourth-order valence-corrected chi connectivity index (χ4v) is 3.01. The molecular weight excluding hydrogens is 428 g/mol. The lowest BCUT2D eigenvalue weighted by molar-refractivity contribution is -0.143. The molecule has 8 N–H and O–H groups in total. The maximum absolute atomic E-state index is 12.8. The molecule has 1 rings (SSSR count). The Kier molecular flexibility index (Phi) is 11.0. The molecule has 0 aromatic carbocycles. The van der Waals surface area contributed by atoms with Crippen LogP contribution >= 0.6 is 11.8 Å². The van der Waals surface area contributed by atoms with E-state index >= 15 is 0 Å². The third-order valence-corrected chi connectivity index (χ3v) is 4.96. The Morgan fingerprint density at radius 1 is 1.13 bits per heavy atom. The van der Waals surface area contributed by atoms with Crippen LogP contribution in [0.3, 0.4) is 0 Å². The number of aromatic amines is 1. The zero-order valence-electron chi connectivity index (χ0n) is 17.6. The summed E-state index contributed by atoms with van der Waals surface area (Å²) in [6.07, 6.45) is 3.57. The Hall–Kier alpha value is -2.64. The SMILES string of the molecule is CSCCC(NC(=O)C(NC(=O)C(Cc1cnc[nH]1)NC(=O)C(C)N)C(C)O)C(=O)O. The molecule has 3 amide bonds. The molecule has 31 heavy (non-hydrogen) atoms. The summed E-state index contributed by atoms with van der Waals surface area (Å²) in [5, 5.41) is 26.5. The fraction of sp³-hybridized carbons (Fsp3) is 0.611. The average Bonchev–Trinajstić information content (AvgIpc) is 3.20. The average molecular weight is 459 g/mol. The molecule has 5 unspecified atom stereocenters. The summed E-state index contributed by atoms with van der Waals surface area (Å²) in [5.74, 6) is -2.91. The van der Waals surface area contributed by atoms with Crippen LogP contribution in [0.4, 0.5) is 0 Å². The van der Waals surface area contributed by atoms with Crippen LogP contribution < -0.4 is 21.7 Å². The largest absolute Gasteiger partial charge is 0.480 e. The second kappa shape index (κ2) is 12.9.